The van der Waals surface area contributed by atoms with Gasteiger partial charge in [-0.2, -0.15) is 0 Å². The van der Waals surface area contributed by atoms with Crippen molar-refractivity contribution in [2.24, 2.45) is 0 Å². The lowest BCUT2D eigenvalue weighted by Gasteiger charge is -2.14. The largest absolute Gasteiger partial charge is 0.369 e. The molecule has 0 unspecified atom stereocenters. The van der Waals surface area contributed by atoms with Crippen LogP contribution in [0.2, 0.25) is 0 Å². The molecule has 0 spiro atoms. The molecule has 4 heteroatoms. The van der Waals surface area contributed by atoms with Crippen LogP contribution in [-0.2, 0) is 6.54 Å². The maximum Gasteiger partial charge on any atom is 0.200 e. The van der Waals surface area contributed by atoms with Gasteiger partial charge in [0.1, 0.15) is 0 Å². The molecule has 15 heavy (non-hydrogen) atoms. The third kappa shape index (κ3) is 2.96. The van der Waals surface area contributed by atoms with Crippen LogP contribution in [0, 0.1) is 0 Å². The second-order valence-corrected chi connectivity index (χ2v) is 4.23. The monoisotopic (exact) mass is 208 g/mol. The van der Waals surface area contributed by atoms with E-state index in [4.69, 9.17) is 5.73 Å². The zero-order chi connectivity index (χ0) is 10.5. The first-order chi connectivity index (χ1) is 7.36. The highest BCUT2D eigenvalue weighted by Crippen LogP contribution is 2.09. The van der Waals surface area contributed by atoms with E-state index in [9.17, 15) is 0 Å². The molecule has 0 saturated carbocycles. The Morgan fingerprint density at radius 3 is 2.60 bits per heavy atom. The number of likely N-dealkylation sites (tertiary alicyclic amines) is 1. The van der Waals surface area contributed by atoms with Crippen LogP contribution in [0.15, 0.2) is 12.4 Å². The summed E-state index contributed by atoms with van der Waals surface area (Å²) in [7, 11) is 0. The van der Waals surface area contributed by atoms with Crippen molar-refractivity contribution in [3.63, 3.8) is 0 Å². The summed E-state index contributed by atoms with van der Waals surface area (Å²) < 4.78 is 2.02. The molecule has 0 amide bonds. The number of nitrogen functional groups attached to an aromatic ring is 1. The summed E-state index contributed by atoms with van der Waals surface area (Å²) in [5.74, 6) is 0.635. The number of hydrogen-bond donors (Lipinski definition) is 1. The maximum absolute atomic E-state index is 5.69. The van der Waals surface area contributed by atoms with Crippen molar-refractivity contribution >= 4 is 5.95 Å². The minimum atomic E-state index is 0.635. The smallest absolute Gasteiger partial charge is 0.200 e. The van der Waals surface area contributed by atoms with Crippen LogP contribution in [0.4, 0.5) is 5.95 Å². The average molecular weight is 208 g/mol. The maximum atomic E-state index is 5.69. The molecule has 4 nitrogen and oxygen atoms in total. The molecule has 1 aliphatic rings. The number of imidazole rings is 1. The number of nitrogens with two attached hydrogens (primary N) is 1. The predicted molar refractivity (Wildman–Crippen MR) is 61.5 cm³/mol. The molecular formula is C11H20N4. The standard InChI is InChI=1S/C11H20N4/c12-11-13-5-10-15(11)9-4-3-8-14-6-1-2-7-14/h5,10H,1-4,6-9H2,(H2,12,13). The number of nitrogens with zero attached hydrogens (tertiary/aromatic N) is 3. The summed E-state index contributed by atoms with van der Waals surface area (Å²) >= 11 is 0. The Kier molecular flexibility index (Phi) is 3.61. The Morgan fingerprint density at radius 1 is 1.20 bits per heavy atom. The molecule has 0 aromatic carbocycles. The van der Waals surface area contributed by atoms with Crippen LogP contribution >= 0.6 is 0 Å². The van der Waals surface area contributed by atoms with Gasteiger partial charge in [-0.15, -0.1) is 0 Å². The lowest BCUT2D eigenvalue weighted by Crippen LogP contribution is -2.20. The van der Waals surface area contributed by atoms with Crippen molar-refractivity contribution in [2.75, 3.05) is 25.4 Å². The molecule has 1 saturated heterocycles. The first-order valence-corrected chi connectivity index (χ1v) is 5.85. The van der Waals surface area contributed by atoms with E-state index in [2.05, 4.69) is 9.88 Å². The molecule has 0 atom stereocenters. The highest BCUT2D eigenvalue weighted by Gasteiger charge is 2.10. The van der Waals surface area contributed by atoms with Crippen LogP contribution in [-0.4, -0.2) is 34.1 Å². The quantitative estimate of drug-likeness (QED) is 0.743. The summed E-state index contributed by atoms with van der Waals surface area (Å²) in [4.78, 5) is 6.56. The summed E-state index contributed by atoms with van der Waals surface area (Å²) in [5.41, 5.74) is 5.69. The van der Waals surface area contributed by atoms with Crippen molar-refractivity contribution in [2.45, 2.75) is 32.2 Å². The Bertz CT molecular complexity index is 289. The van der Waals surface area contributed by atoms with Crippen molar-refractivity contribution in [1.82, 2.24) is 14.5 Å². The van der Waals surface area contributed by atoms with E-state index in [-0.39, 0.29) is 0 Å². The fraction of sp³-hybridized carbons (Fsp3) is 0.727. The lowest BCUT2D eigenvalue weighted by molar-refractivity contribution is 0.326. The Hall–Kier alpha value is -1.03. The molecule has 2 rings (SSSR count). The number of hydrogen-bond acceptors (Lipinski definition) is 3. The van der Waals surface area contributed by atoms with E-state index >= 15 is 0 Å². The number of anilines is 1. The summed E-state index contributed by atoms with van der Waals surface area (Å²) in [6.07, 6.45) is 8.93. The van der Waals surface area contributed by atoms with Gasteiger partial charge >= 0.3 is 0 Å². The number of rotatable bonds is 5. The Labute approximate surface area is 91.1 Å². The van der Waals surface area contributed by atoms with Crippen LogP contribution in [0.5, 0.6) is 0 Å². The van der Waals surface area contributed by atoms with E-state index in [1.807, 2.05) is 10.8 Å². The van der Waals surface area contributed by atoms with Gasteiger partial charge in [-0.05, 0) is 45.3 Å². The lowest BCUT2D eigenvalue weighted by atomic mass is 10.3. The van der Waals surface area contributed by atoms with Gasteiger partial charge in [0.25, 0.3) is 0 Å². The van der Waals surface area contributed by atoms with E-state index < -0.39 is 0 Å². The van der Waals surface area contributed by atoms with Crippen LogP contribution in [0.25, 0.3) is 0 Å². The third-order valence-electron chi connectivity index (χ3n) is 3.07. The van der Waals surface area contributed by atoms with Crippen LogP contribution < -0.4 is 5.73 Å². The van der Waals surface area contributed by atoms with Gasteiger partial charge in [-0.3, -0.25) is 0 Å². The average Bonchev–Trinajstić information content (AvgIpc) is 2.85. The first kappa shape index (κ1) is 10.5. The number of aromatic nitrogens is 2. The fourth-order valence-corrected chi connectivity index (χ4v) is 2.15. The van der Waals surface area contributed by atoms with E-state index in [0.29, 0.717) is 5.95 Å². The van der Waals surface area contributed by atoms with Crippen LogP contribution in [0.1, 0.15) is 25.7 Å². The summed E-state index contributed by atoms with van der Waals surface area (Å²) in [5, 5.41) is 0. The van der Waals surface area contributed by atoms with Gasteiger partial charge in [-0.25, -0.2) is 4.98 Å². The minimum Gasteiger partial charge on any atom is -0.369 e. The van der Waals surface area contributed by atoms with Gasteiger partial charge < -0.3 is 15.2 Å². The van der Waals surface area contributed by atoms with Gasteiger partial charge in [0.2, 0.25) is 0 Å². The van der Waals surface area contributed by atoms with Crippen LogP contribution in [0.3, 0.4) is 0 Å². The van der Waals surface area contributed by atoms with E-state index in [1.54, 1.807) is 6.20 Å². The first-order valence-electron chi connectivity index (χ1n) is 5.85. The minimum absolute atomic E-state index is 0.635. The summed E-state index contributed by atoms with van der Waals surface area (Å²) in [6.45, 7) is 4.84. The van der Waals surface area contributed by atoms with Crippen molar-refractivity contribution in [1.29, 1.82) is 0 Å². The van der Waals surface area contributed by atoms with E-state index in [1.165, 1.54) is 45.3 Å². The van der Waals surface area contributed by atoms with Gasteiger partial charge in [-0.1, -0.05) is 0 Å². The highest BCUT2D eigenvalue weighted by molar-refractivity contribution is 5.16. The van der Waals surface area contributed by atoms with E-state index in [0.717, 1.165) is 6.54 Å². The normalized spacial score (nSPS) is 17.3. The Balaban J connectivity index is 1.60. The van der Waals surface area contributed by atoms with Crippen molar-refractivity contribution in [3.8, 4) is 0 Å². The van der Waals surface area contributed by atoms with Crippen molar-refractivity contribution < 1.29 is 0 Å². The molecule has 0 radical (unpaired) electrons. The molecule has 1 aliphatic heterocycles. The zero-order valence-corrected chi connectivity index (χ0v) is 9.23. The zero-order valence-electron chi connectivity index (χ0n) is 9.23. The molecule has 1 aromatic heterocycles. The second kappa shape index (κ2) is 5.16. The molecule has 0 aliphatic carbocycles. The third-order valence-corrected chi connectivity index (χ3v) is 3.07. The molecule has 0 bridgehead atoms. The number of unbranched alkanes of at least 4 members (excludes halogenated alkanes) is 1. The molecule has 1 aromatic rings. The van der Waals surface area contributed by atoms with Gasteiger partial charge in [0.15, 0.2) is 5.95 Å². The SMILES string of the molecule is Nc1nccn1CCCCN1CCCC1. The van der Waals surface area contributed by atoms with Gasteiger partial charge in [0.05, 0.1) is 0 Å². The van der Waals surface area contributed by atoms with Gasteiger partial charge in [0, 0.05) is 18.9 Å². The Morgan fingerprint density at radius 2 is 1.93 bits per heavy atom. The topological polar surface area (TPSA) is 47.1 Å². The predicted octanol–water partition coefficient (Wildman–Crippen LogP) is 1.34. The molecule has 2 N–H and O–H groups in total. The second-order valence-electron chi connectivity index (χ2n) is 4.23. The fourth-order valence-electron chi connectivity index (χ4n) is 2.15. The molecule has 2 heterocycles. The van der Waals surface area contributed by atoms with Crippen molar-refractivity contribution in [3.05, 3.63) is 12.4 Å². The number of aryl methyl sites for hydroxylation is 1. The molecule has 84 valence electrons. The molecule has 1 fully saturated rings. The summed E-state index contributed by atoms with van der Waals surface area (Å²) in [6, 6.07) is 0. The molecular weight excluding hydrogens is 188 g/mol. The highest BCUT2D eigenvalue weighted by atomic mass is 15.1.